The fourth-order valence-corrected chi connectivity index (χ4v) is 4.02. The van der Waals surface area contributed by atoms with Gasteiger partial charge in [0, 0.05) is 74.9 Å². The number of likely N-dealkylation sites (N-methyl/N-ethyl adjacent to an activating group) is 1. The van der Waals surface area contributed by atoms with Gasteiger partial charge in [-0.3, -0.25) is 24.8 Å². The molecule has 1 aliphatic rings. The fourth-order valence-electron chi connectivity index (χ4n) is 4.02. The van der Waals surface area contributed by atoms with Crippen molar-refractivity contribution in [3.8, 4) is 0 Å². The molecule has 9 heteroatoms. The van der Waals surface area contributed by atoms with E-state index >= 15 is 0 Å². The van der Waals surface area contributed by atoms with Gasteiger partial charge in [-0.1, -0.05) is 18.2 Å². The van der Waals surface area contributed by atoms with E-state index in [1.807, 2.05) is 0 Å². The molecular weight excluding hydrogens is 413 g/mol. The number of carbonyl (C=O) groups excluding carboxylic acids is 1. The minimum atomic E-state index is -0.394. The molecule has 0 aliphatic carbocycles. The molecule has 0 bridgehead atoms. The van der Waals surface area contributed by atoms with E-state index in [1.54, 1.807) is 48.5 Å². The predicted octanol–water partition coefficient (Wildman–Crippen LogP) is 3.06. The molecule has 0 N–H and O–H groups in total. The van der Waals surface area contributed by atoms with Crippen molar-refractivity contribution in [2.45, 2.75) is 6.54 Å². The zero-order valence-electron chi connectivity index (χ0n) is 17.8. The number of rotatable bonds is 6. The number of fused-ring (bicyclic) bond motifs is 1. The van der Waals surface area contributed by atoms with Gasteiger partial charge in [0.1, 0.15) is 5.82 Å². The van der Waals surface area contributed by atoms with E-state index in [2.05, 4.69) is 14.8 Å². The molecule has 4 rings (SSSR count). The number of carbonyl (C=O) groups is 1. The Bertz CT molecular complexity index is 1150. The van der Waals surface area contributed by atoms with Gasteiger partial charge in [-0.15, -0.1) is 0 Å². The third kappa shape index (κ3) is 4.52. The molecule has 2 aromatic carbocycles. The highest BCUT2D eigenvalue weighted by molar-refractivity contribution is 5.99. The summed E-state index contributed by atoms with van der Waals surface area (Å²) in [6, 6.07) is 11.6. The maximum Gasteiger partial charge on any atom is 0.278 e. The largest absolute Gasteiger partial charge is 0.368 e. The monoisotopic (exact) mass is 437 g/mol. The van der Waals surface area contributed by atoms with Crippen LogP contribution in [0.2, 0.25) is 0 Å². The quantitative estimate of drug-likeness (QED) is 0.435. The average Bonchev–Trinajstić information content (AvgIpc) is 2.80. The standard InChI is InChI=1S/C23H24FN5O3/c1-26(15-17-4-2-3-5-20(17)24)23(30)16-27-10-12-28(13-11-27)21-6-7-22(29(31)32)19-14-25-9-8-18(19)21/h2-9,14H,10-13,15-16H2,1H3. The first-order valence-electron chi connectivity index (χ1n) is 10.4. The van der Waals surface area contributed by atoms with Crippen LogP contribution in [0.3, 0.4) is 0 Å². The van der Waals surface area contributed by atoms with Crippen molar-refractivity contribution in [1.29, 1.82) is 0 Å². The smallest absolute Gasteiger partial charge is 0.278 e. The van der Waals surface area contributed by atoms with Crippen molar-refractivity contribution >= 4 is 28.1 Å². The summed E-state index contributed by atoms with van der Waals surface area (Å²) in [5.74, 6) is -0.375. The third-order valence-electron chi connectivity index (χ3n) is 5.83. The molecule has 166 valence electrons. The van der Waals surface area contributed by atoms with E-state index in [-0.39, 0.29) is 30.5 Å². The Morgan fingerprint density at radius 1 is 1.12 bits per heavy atom. The number of hydrogen-bond donors (Lipinski definition) is 0. The number of nitro benzene ring substituents is 1. The van der Waals surface area contributed by atoms with Crippen LogP contribution in [0.15, 0.2) is 54.9 Å². The Morgan fingerprint density at radius 2 is 1.88 bits per heavy atom. The lowest BCUT2D eigenvalue weighted by atomic mass is 10.1. The zero-order chi connectivity index (χ0) is 22.7. The molecule has 0 atom stereocenters. The molecule has 2 heterocycles. The second-order valence-corrected chi connectivity index (χ2v) is 7.89. The fraction of sp³-hybridized carbons (Fsp3) is 0.304. The van der Waals surface area contributed by atoms with E-state index in [1.165, 1.54) is 18.3 Å². The molecule has 0 spiro atoms. The number of nitro groups is 1. The van der Waals surface area contributed by atoms with Crippen LogP contribution >= 0.6 is 0 Å². The third-order valence-corrected chi connectivity index (χ3v) is 5.83. The maximum absolute atomic E-state index is 13.9. The molecule has 0 unspecified atom stereocenters. The van der Waals surface area contributed by atoms with Crippen LogP contribution in [0.1, 0.15) is 5.56 Å². The SMILES string of the molecule is CN(Cc1ccccc1F)C(=O)CN1CCN(c2ccc([N+](=O)[O-])c3cnccc23)CC1. The van der Waals surface area contributed by atoms with Crippen LogP contribution in [0.4, 0.5) is 15.8 Å². The number of benzene rings is 2. The average molecular weight is 437 g/mol. The van der Waals surface area contributed by atoms with Crippen molar-refractivity contribution in [1.82, 2.24) is 14.8 Å². The van der Waals surface area contributed by atoms with Gasteiger partial charge in [-0.2, -0.15) is 0 Å². The van der Waals surface area contributed by atoms with Crippen LogP contribution in [-0.2, 0) is 11.3 Å². The first-order valence-corrected chi connectivity index (χ1v) is 10.4. The number of anilines is 1. The molecule has 1 amide bonds. The second kappa shape index (κ2) is 9.27. The maximum atomic E-state index is 13.9. The summed E-state index contributed by atoms with van der Waals surface area (Å²) in [5.41, 5.74) is 1.46. The summed E-state index contributed by atoms with van der Waals surface area (Å²) < 4.78 is 13.9. The van der Waals surface area contributed by atoms with Crippen LogP contribution in [0.5, 0.6) is 0 Å². The number of hydrogen-bond acceptors (Lipinski definition) is 6. The first-order chi connectivity index (χ1) is 15.4. The molecule has 32 heavy (non-hydrogen) atoms. The Hall–Kier alpha value is -3.59. The van der Waals surface area contributed by atoms with E-state index in [4.69, 9.17) is 0 Å². The number of pyridine rings is 1. The molecule has 1 saturated heterocycles. The summed E-state index contributed by atoms with van der Waals surface area (Å²) in [6.07, 6.45) is 3.16. The number of aromatic nitrogens is 1. The Kier molecular flexibility index (Phi) is 6.27. The van der Waals surface area contributed by atoms with E-state index < -0.39 is 4.92 Å². The van der Waals surface area contributed by atoms with E-state index in [9.17, 15) is 19.3 Å². The number of halogens is 1. The minimum Gasteiger partial charge on any atom is -0.368 e. The normalized spacial score (nSPS) is 14.5. The van der Waals surface area contributed by atoms with Gasteiger partial charge in [-0.05, 0) is 18.2 Å². The molecule has 1 aliphatic heterocycles. The van der Waals surface area contributed by atoms with Crippen molar-refractivity contribution in [2.75, 3.05) is 44.7 Å². The number of non-ortho nitro benzene ring substituents is 1. The lowest BCUT2D eigenvalue weighted by molar-refractivity contribution is -0.383. The van der Waals surface area contributed by atoms with Crippen LogP contribution < -0.4 is 4.90 Å². The molecule has 0 saturated carbocycles. The first kappa shape index (κ1) is 21.6. The Balaban J connectivity index is 1.38. The molecule has 1 fully saturated rings. The Morgan fingerprint density at radius 3 is 2.59 bits per heavy atom. The minimum absolute atomic E-state index is 0.0407. The molecule has 3 aromatic rings. The lowest BCUT2D eigenvalue weighted by Gasteiger charge is -2.36. The summed E-state index contributed by atoms with van der Waals surface area (Å²) >= 11 is 0. The highest BCUT2D eigenvalue weighted by Crippen LogP contribution is 2.33. The van der Waals surface area contributed by atoms with Gasteiger partial charge in [0.05, 0.1) is 16.9 Å². The molecule has 0 radical (unpaired) electrons. The number of piperazine rings is 1. The summed E-state index contributed by atoms with van der Waals surface area (Å²) in [7, 11) is 1.68. The second-order valence-electron chi connectivity index (χ2n) is 7.89. The van der Waals surface area contributed by atoms with Gasteiger partial charge >= 0.3 is 0 Å². The Labute approximate surface area is 185 Å². The highest BCUT2D eigenvalue weighted by Gasteiger charge is 2.23. The van der Waals surface area contributed by atoms with Gasteiger partial charge in [-0.25, -0.2) is 4.39 Å². The summed E-state index contributed by atoms with van der Waals surface area (Å²) in [4.78, 5) is 33.4. The van der Waals surface area contributed by atoms with Gasteiger partial charge < -0.3 is 9.80 Å². The van der Waals surface area contributed by atoms with Crippen molar-refractivity contribution in [3.05, 3.63) is 76.4 Å². The lowest BCUT2D eigenvalue weighted by Crippen LogP contribution is -2.49. The van der Waals surface area contributed by atoms with Crippen LogP contribution in [-0.4, -0.2) is 65.4 Å². The van der Waals surface area contributed by atoms with Gasteiger partial charge in [0.25, 0.3) is 5.69 Å². The number of nitrogens with zero attached hydrogens (tertiary/aromatic N) is 5. The summed E-state index contributed by atoms with van der Waals surface area (Å²) in [5, 5.41) is 12.6. The summed E-state index contributed by atoms with van der Waals surface area (Å²) in [6.45, 7) is 3.25. The van der Waals surface area contributed by atoms with Crippen molar-refractivity contribution < 1.29 is 14.1 Å². The van der Waals surface area contributed by atoms with Crippen molar-refractivity contribution in [3.63, 3.8) is 0 Å². The predicted molar refractivity (Wildman–Crippen MR) is 120 cm³/mol. The van der Waals surface area contributed by atoms with E-state index in [0.717, 1.165) is 11.1 Å². The van der Waals surface area contributed by atoms with Crippen LogP contribution in [0.25, 0.3) is 10.8 Å². The van der Waals surface area contributed by atoms with Crippen LogP contribution in [0, 0.1) is 15.9 Å². The highest BCUT2D eigenvalue weighted by atomic mass is 19.1. The zero-order valence-corrected chi connectivity index (χ0v) is 17.8. The molecule has 8 nitrogen and oxygen atoms in total. The van der Waals surface area contributed by atoms with Crippen molar-refractivity contribution in [2.24, 2.45) is 0 Å². The van der Waals surface area contributed by atoms with Gasteiger partial charge in [0.2, 0.25) is 5.91 Å². The van der Waals surface area contributed by atoms with Gasteiger partial charge in [0.15, 0.2) is 0 Å². The molecule has 1 aromatic heterocycles. The number of amides is 1. The topological polar surface area (TPSA) is 82.8 Å². The molecular formula is C23H24FN5O3. The van der Waals surface area contributed by atoms with E-state index in [0.29, 0.717) is 37.1 Å².